The Labute approximate surface area is 82.3 Å². The summed E-state index contributed by atoms with van der Waals surface area (Å²) in [5, 5.41) is 0. The number of ketones is 3. The number of carbonyl (C=O) groups excluding carboxylic acids is 3. The SMILES string of the molecule is CC(=O)C(C(C)=O)C(C)=O.[Te]. The molecule has 0 atom stereocenters. The Morgan fingerprint density at radius 3 is 1.00 bits per heavy atom. The van der Waals surface area contributed by atoms with Gasteiger partial charge in [0.2, 0.25) is 0 Å². The van der Waals surface area contributed by atoms with Gasteiger partial charge >= 0.3 is 0 Å². The van der Waals surface area contributed by atoms with Crippen LogP contribution in [-0.2, 0) is 14.4 Å². The Balaban J connectivity index is 0. The van der Waals surface area contributed by atoms with Crippen LogP contribution in [0.3, 0.4) is 0 Å². The van der Waals surface area contributed by atoms with Crippen LogP contribution in [0.15, 0.2) is 0 Å². The molecular formula is C7H10O3Te. The monoisotopic (exact) mass is 272 g/mol. The Kier molecular flexibility index (Phi) is 6.64. The van der Waals surface area contributed by atoms with Crippen molar-refractivity contribution in [2.45, 2.75) is 20.8 Å². The second kappa shape index (κ2) is 5.45. The molecule has 0 heterocycles. The van der Waals surface area contributed by atoms with Crippen molar-refractivity contribution in [2.75, 3.05) is 0 Å². The quantitative estimate of drug-likeness (QED) is 0.535. The predicted molar refractivity (Wildman–Crippen MR) is 41.3 cm³/mol. The zero-order valence-corrected chi connectivity index (χ0v) is 9.04. The fraction of sp³-hybridized carbons (Fsp3) is 0.571. The van der Waals surface area contributed by atoms with Crippen LogP contribution in [0.5, 0.6) is 0 Å². The molecule has 0 aliphatic carbocycles. The van der Waals surface area contributed by atoms with Gasteiger partial charge in [0.15, 0.2) is 0 Å². The van der Waals surface area contributed by atoms with Crippen molar-refractivity contribution in [1.82, 2.24) is 0 Å². The van der Waals surface area contributed by atoms with Gasteiger partial charge in [-0.3, -0.25) is 14.4 Å². The zero-order valence-electron chi connectivity index (χ0n) is 6.71. The van der Waals surface area contributed by atoms with Crippen molar-refractivity contribution < 1.29 is 14.4 Å². The maximum atomic E-state index is 10.6. The van der Waals surface area contributed by atoms with Gasteiger partial charge in [-0.2, -0.15) is 0 Å². The van der Waals surface area contributed by atoms with E-state index in [2.05, 4.69) is 0 Å². The second-order valence-corrected chi connectivity index (χ2v) is 2.26. The maximum absolute atomic E-state index is 10.6. The van der Waals surface area contributed by atoms with Gasteiger partial charge in [0.25, 0.3) is 0 Å². The predicted octanol–water partition coefficient (Wildman–Crippen LogP) is -0.0112. The van der Waals surface area contributed by atoms with Crippen molar-refractivity contribution in [1.29, 1.82) is 0 Å². The Hall–Kier alpha value is -0.200. The largest absolute Gasteiger partial charge is 0.299 e. The molecule has 0 spiro atoms. The molecule has 0 N–H and O–H groups in total. The van der Waals surface area contributed by atoms with E-state index in [1.165, 1.54) is 20.8 Å². The molecule has 0 bridgehead atoms. The molecule has 0 fully saturated rings. The molecular weight excluding hydrogens is 260 g/mol. The Morgan fingerprint density at radius 1 is 0.818 bits per heavy atom. The van der Waals surface area contributed by atoms with Crippen molar-refractivity contribution in [2.24, 2.45) is 5.92 Å². The van der Waals surface area contributed by atoms with Crippen LogP contribution in [-0.4, -0.2) is 41.0 Å². The number of Topliss-reactive ketones (excluding diaryl/α,β-unsaturated/α-hetero) is 3. The minimum Gasteiger partial charge on any atom is -0.299 e. The van der Waals surface area contributed by atoms with Gasteiger partial charge in [-0.25, -0.2) is 0 Å². The summed E-state index contributed by atoms with van der Waals surface area (Å²) < 4.78 is 0. The molecule has 0 aliphatic rings. The molecule has 11 heavy (non-hydrogen) atoms. The third-order valence-electron chi connectivity index (χ3n) is 1.22. The summed E-state index contributed by atoms with van der Waals surface area (Å²) >= 11 is 0. The van der Waals surface area contributed by atoms with Crippen LogP contribution in [0.2, 0.25) is 0 Å². The number of carbonyl (C=O) groups is 3. The van der Waals surface area contributed by atoms with E-state index < -0.39 is 5.92 Å². The zero-order chi connectivity index (χ0) is 8.31. The summed E-state index contributed by atoms with van der Waals surface area (Å²) in [6.07, 6.45) is 0. The van der Waals surface area contributed by atoms with Crippen LogP contribution >= 0.6 is 0 Å². The molecule has 62 valence electrons. The molecule has 0 rings (SSSR count). The molecule has 0 aromatic carbocycles. The summed E-state index contributed by atoms with van der Waals surface area (Å²) in [6.45, 7) is 3.73. The molecule has 2 radical (unpaired) electrons. The second-order valence-electron chi connectivity index (χ2n) is 2.26. The maximum Gasteiger partial charge on any atom is 0.147 e. The topological polar surface area (TPSA) is 51.2 Å². The Morgan fingerprint density at radius 2 is 1.00 bits per heavy atom. The van der Waals surface area contributed by atoms with E-state index in [9.17, 15) is 14.4 Å². The first-order chi connectivity index (χ1) is 4.46. The van der Waals surface area contributed by atoms with Crippen LogP contribution in [0.1, 0.15) is 20.8 Å². The van der Waals surface area contributed by atoms with Crippen LogP contribution in [0, 0.1) is 5.92 Å². The van der Waals surface area contributed by atoms with E-state index in [0.717, 1.165) is 0 Å². The van der Waals surface area contributed by atoms with Crippen molar-refractivity contribution >= 4 is 41.0 Å². The third-order valence-corrected chi connectivity index (χ3v) is 1.22. The standard InChI is InChI=1S/C7H10O3.Te/c1-4(8)7(5(2)9)6(3)10;/h7H,1-3H3;. The van der Waals surface area contributed by atoms with Crippen LogP contribution in [0.25, 0.3) is 0 Å². The molecule has 3 nitrogen and oxygen atoms in total. The van der Waals surface area contributed by atoms with Crippen molar-refractivity contribution in [3.63, 3.8) is 0 Å². The summed E-state index contributed by atoms with van der Waals surface area (Å²) in [5.41, 5.74) is 0. The van der Waals surface area contributed by atoms with E-state index in [1.807, 2.05) is 0 Å². The van der Waals surface area contributed by atoms with Gasteiger partial charge in [-0.15, -0.1) is 0 Å². The number of hydrogen-bond acceptors (Lipinski definition) is 3. The summed E-state index contributed by atoms with van der Waals surface area (Å²) in [4.78, 5) is 31.8. The molecule has 0 unspecified atom stereocenters. The summed E-state index contributed by atoms with van der Waals surface area (Å²) in [6, 6.07) is 0. The minimum absolute atomic E-state index is 0. The third kappa shape index (κ3) is 4.28. The molecule has 0 aromatic rings. The fourth-order valence-electron chi connectivity index (χ4n) is 0.859. The molecule has 0 aliphatic heterocycles. The smallest absolute Gasteiger partial charge is 0.147 e. The molecule has 0 aromatic heterocycles. The molecule has 0 amide bonds. The van der Waals surface area contributed by atoms with Gasteiger partial charge < -0.3 is 0 Å². The average Bonchev–Trinajstić information content (AvgIpc) is 1.59. The first kappa shape index (κ1) is 13.4. The first-order valence-corrected chi connectivity index (χ1v) is 2.98. The minimum atomic E-state index is -1.03. The van der Waals surface area contributed by atoms with Crippen molar-refractivity contribution in [3.8, 4) is 0 Å². The first-order valence-electron chi connectivity index (χ1n) is 2.98. The van der Waals surface area contributed by atoms with E-state index >= 15 is 0 Å². The van der Waals surface area contributed by atoms with Gasteiger partial charge in [-0.05, 0) is 20.8 Å². The number of hydrogen-bond donors (Lipinski definition) is 0. The van der Waals surface area contributed by atoms with Gasteiger partial charge in [0.05, 0.1) is 0 Å². The number of rotatable bonds is 3. The molecule has 0 saturated heterocycles. The van der Waals surface area contributed by atoms with Gasteiger partial charge in [-0.1, -0.05) is 0 Å². The van der Waals surface area contributed by atoms with Crippen LogP contribution in [0.4, 0.5) is 0 Å². The average molecular weight is 270 g/mol. The van der Waals surface area contributed by atoms with Crippen molar-refractivity contribution in [3.05, 3.63) is 0 Å². The van der Waals surface area contributed by atoms with E-state index in [0.29, 0.717) is 0 Å². The summed E-state index contributed by atoms with van der Waals surface area (Å²) in [7, 11) is 0. The van der Waals surface area contributed by atoms with E-state index in [1.54, 1.807) is 0 Å². The van der Waals surface area contributed by atoms with Gasteiger partial charge in [0, 0.05) is 23.7 Å². The van der Waals surface area contributed by atoms with Gasteiger partial charge in [0.1, 0.15) is 23.3 Å². The normalized spacial score (nSPS) is 8.73. The molecule has 0 saturated carbocycles. The Bertz CT molecular complexity index is 153. The summed E-state index contributed by atoms with van der Waals surface area (Å²) in [5.74, 6) is -2.15. The molecule has 4 heteroatoms. The van der Waals surface area contributed by atoms with E-state index in [-0.39, 0.29) is 41.0 Å². The van der Waals surface area contributed by atoms with Crippen LogP contribution < -0.4 is 0 Å². The van der Waals surface area contributed by atoms with E-state index in [4.69, 9.17) is 0 Å². The fourth-order valence-corrected chi connectivity index (χ4v) is 0.859.